The van der Waals surface area contributed by atoms with Gasteiger partial charge in [-0.05, 0) is 32.9 Å². The Hall–Kier alpha value is -0.450. The van der Waals surface area contributed by atoms with Crippen LogP contribution in [0, 0.1) is 6.92 Å². The molecule has 16 heavy (non-hydrogen) atoms. The number of aromatic nitrogens is 1. The summed E-state index contributed by atoms with van der Waals surface area (Å²) in [5, 5.41) is 6.81. The molecule has 92 valence electrons. The zero-order chi connectivity index (χ0) is 11.6. The lowest BCUT2D eigenvalue weighted by molar-refractivity contribution is 0.590. The lowest BCUT2D eigenvalue weighted by atomic mass is 10.2. The molecule has 3 N–H and O–H groups in total. The summed E-state index contributed by atoms with van der Waals surface area (Å²) < 4.78 is 0. The maximum absolute atomic E-state index is 5.44. The van der Waals surface area contributed by atoms with E-state index >= 15 is 0 Å². The van der Waals surface area contributed by atoms with Gasteiger partial charge in [-0.15, -0.1) is 11.3 Å². The van der Waals surface area contributed by atoms with Gasteiger partial charge in [0.2, 0.25) is 0 Å². The monoisotopic (exact) mass is 241 g/mol. The van der Waals surface area contributed by atoms with E-state index in [0.717, 1.165) is 31.7 Å². The molecule has 0 saturated carbocycles. The fourth-order valence-electron chi connectivity index (χ4n) is 1.59. The topological polar surface area (TPSA) is 50.9 Å². The number of aryl methyl sites for hydroxylation is 1. The number of hydrogen-bond acceptors (Lipinski definition) is 4. The predicted octanol–water partition coefficient (Wildman–Crippen LogP) is 2.10. The molecule has 0 fully saturated rings. The molecular weight excluding hydrogens is 218 g/mol. The van der Waals surface area contributed by atoms with Gasteiger partial charge in [0.15, 0.2) is 0 Å². The largest absolute Gasteiger partial charge is 0.330 e. The number of nitrogens with zero attached hydrogens (tertiary/aromatic N) is 1. The Morgan fingerprint density at radius 3 is 2.75 bits per heavy atom. The number of unbranched alkanes of at least 4 members (excludes halogenated alkanes) is 3. The average molecular weight is 241 g/mol. The summed E-state index contributed by atoms with van der Waals surface area (Å²) in [5.41, 5.74) is 6.58. The van der Waals surface area contributed by atoms with Gasteiger partial charge in [0, 0.05) is 24.0 Å². The van der Waals surface area contributed by atoms with Crippen molar-refractivity contribution in [3.8, 4) is 0 Å². The standard InChI is InChI=1S/C12H23N3S/c1-11-10-16-12(15-11)6-9-14-8-5-3-2-4-7-13/h10,14H,2-9,13H2,1H3. The third-order valence-electron chi connectivity index (χ3n) is 2.49. The van der Waals surface area contributed by atoms with E-state index < -0.39 is 0 Å². The first kappa shape index (κ1) is 13.6. The molecule has 0 aliphatic rings. The number of hydrogen-bond donors (Lipinski definition) is 2. The van der Waals surface area contributed by atoms with Gasteiger partial charge in [0.05, 0.1) is 5.01 Å². The summed E-state index contributed by atoms with van der Waals surface area (Å²) in [4.78, 5) is 4.43. The van der Waals surface area contributed by atoms with Crippen molar-refractivity contribution < 1.29 is 0 Å². The molecule has 3 nitrogen and oxygen atoms in total. The maximum atomic E-state index is 5.44. The number of rotatable bonds is 9. The molecule has 0 bridgehead atoms. The highest BCUT2D eigenvalue weighted by molar-refractivity contribution is 7.09. The van der Waals surface area contributed by atoms with Crippen molar-refractivity contribution in [2.24, 2.45) is 5.73 Å². The van der Waals surface area contributed by atoms with Crippen LogP contribution in [-0.4, -0.2) is 24.6 Å². The van der Waals surface area contributed by atoms with Gasteiger partial charge in [0.1, 0.15) is 0 Å². The molecule has 0 saturated heterocycles. The van der Waals surface area contributed by atoms with Gasteiger partial charge < -0.3 is 11.1 Å². The van der Waals surface area contributed by atoms with E-state index in [1.54, 1.807) is 11.3 Å². The quantitative estimate of drug-likeness (QED) is 0.651. The zero-order valence-electron chi connectivity index (χ0n) is 10.2. The van der Waals surface area contributed by atoms with Crippen LogP contribution in [0.3, 0.4) is 0 Å². The van der Waals surface area contributed by atoms with E-state index in [0.29, 0.717) is 0 Å². The molecular formula is C12H23N3S. The van der Waals surface area contributed by atoms with Crippen LogP contribution >= 0.6 is 11.3 Å². The lowest BCUT2D eigenvalue weighted by Crippen LogP contribution is -2.18. The minimum absolute atomic E-state index is 0.830. The van der Waals surface area contributed by atoms with Crippen molar-refractivity contribution >= 4 is 11.3 Å². The second-order valence-corrected chi connectivity index (χ2v) is 5.03. The van der Waals surface area contributed by atoms with Crippen LogP contribution in [-0.2, 0) is 6.42 Å². The van der Waals surface area contributed by atoms with Crippen molar-refractivity contribution in [2.75, 3.05) is 19.6 Å². The fourth-order valence-corrected chi connectivity index (χ4v) is 2.36. The van der Waals surface area contributed by atoms with Crippen molar-refractivity contribution in [2.45, 2.75) is 39.0 Å². The number of nitrogens with two attached hydrogens (primary N) is 1. The molecule has 1 aromatic heterocycles. The second-order valence-electron chi connectivity index (χ2n) is 4.09. The maximum Gasteiger partial charge on any atom is 0.0940 e. The van der Waals surface area contributed by atoms with E-state index in [1.165, 1.54) is 30.7 Å². The van der Waals surface area contributed by atoms with E-state index in [4.69, 9.17) is 5.73 Å². The summed E-state index contributed by atoms with van der Waals surface area (Å²) in [6, 6.07) is 0. The van der Waals surface area contributed by atoms with E-state index in [1.807, 2.05) is 6.92 Å². The molecule has 0 aliphatic heterocycles. The van der Waals surface area contributed by atoms with Crippen LogP contribution < -0.4 is 11.1 Å². The van der Waals surface area contributed by atoms with Crippen LogP contribution in [0.4, 0.5) is 0 Å². The van der Waals surface area contributed by atoms with Crippen molar-refractivity contribution in [1.29, 1.82) is 0 Å². The molecule has 0 spiro atoms. The molecule has 1 rings (SSSR count). The van der Waals surface area contributed by atoms with Gasteiger partial charge in [-0.2, -0.15) is 0 Å². The highest BCUT2D eigenvalue weighted by Crippen LogP contribution is 2.08. The van der Waals surface area contributed by atoms with Crippen LogP contribution in [0.15, 0.2) is 5.38 Å². The molecule has 0 atom stereocenters. The Bertz CT molecular complexity index is 273. The highest BCUT2D eigenvalue weighted by atomic mass is 32.1. The van der Waals surface area contributed by atoms with E-state index in [2.05, 4.69) is 15.7 Å². The summed E-state index contributed by atoms with van der Waals surface area (Å²) in [5.74, 6) is 0. The second kappa shape index (κ2) is 8.67. The lowest BCUT2D eigenvalue weighted by Gasteiger charge is -2.03. The van der Waals surface area contributed by atoms with Crippen LogP contribution in [0.2, 0.25) is 0 Å². The first-order valence-electron chi connectivity index (χ1n) is 6.14. The minimum Gasteiger partial charge on any atom is -0.330 e. The van der Waals surface area contributed by atoms with Crippen molar-refractivity contribution in [3.63, 3.8) is 0 Å². The Morgan fingerprint density at radius 2 is 2.06 bits per heavy atom. The SMILES string of the molecule is Cc1csc(CCNCCCCCCN)n1. The molecule has 0 aliphatic carbocycles. The molecule has 0 unspecified atom stereocenters. The molecule has 1 heterocycles. The summed E-state index contributed by atoms with van der Waals surface area (Å²) in [6.45, 7) is 5.04. The average Bonchev–Trinajstić information content (AvgIpc) is 2.68. The molecule has 0 aromatic carbocycles. The van der Waals surface area contributed by atoms with Gasteiger partial charge in [-0.25, -0.2) is 4.98 Å². The Balaban J connectivity index is 1.88. The normalized spacial score (nSPS) is 10.9. The fraction of sp³-hybridized carbons (Fsp3) is 0.750. The van der Waals surface area contributed by atoms with E-state index in [-0.39, 0.29) is 0 Å². The molecule has 1 aromatic rings. The van der Waals surface area contributed by atoms with Gasteiger partial charge in [-0.1, -0.05) is 12.8 Å². The number of thiazole rings is 1. The van der Waals surface area contributed by atoms with Crippen LogP contribution in [0.1, 0.15) is 36.4 Å². The zero-order valence-corrected chi connectivity index (χ0v) is 11.0. The molecule has 0 amide bonds. The van der Waals surface area contributed by atoms with Crippen LogP contribution in [0.25, 0.3) is 0 Å². The van der Waals surface area contributed by atoms with Gasteiger partial charge >= 0.3 is 0 Å². The first-order chi connectivity index (χ1) is 7.83. The van der Waals surface area contributed by atoms with Crippen molar-refractivity contribution in [1.82, 2.24) is 10.3 Å². The molecule has 4 heteroatoms. The summed E-state index contributed by atoms with van der Waals surface area (Å²) in [7, 11) is 0. The van der Waals surface area contributed by atoms with Gasteiger partial charge in [0.25, 0.3) is 0 Å². The van der Waals surface area contributed by atoms with E-state index in [9.17, 15) is 0 Å². The minimum atomic E-state index is 0.830. The highest BCUT2D eigenvalue weighted by Gasteiger charge is 1.97. The molecule has 0 radical (unpaired) electrons. The summed E-state index contributed by atoms with van der Waals surface area (Å²) >= 11 is 1.76. The third-order valence-corrected chi connectivity index (χ3v) is 3.52. The third kappa shape index (κ3) is 6.20. The predicted molar refractivity (Wildman–Crippen MR) is 70.9 cm³/mol. The van der Waals surface area contributed by atoms with Crippen LogP contribution in [0.5, 0.6) is 0 Å². The number of nitrogens with one attached hydrogen (secondary N) is 1. The smallest absolute Gasteiger partial charge is 0.0940 e. The Labute approximate surface area is 102 Å². The Morgan fingerprint density at radius 1 is 1.25 bits per heavy atom. The summed E-state index contributed by atoms with van der Waals surface area (Å²) in [6.07, 6.45) is 6.04. The Kier molecular flexibility index (Phi) is 7.38. The first-order valence-corrected chi connectivity index (χ1v) is 7.02. The van der Waals surface area contributed by atoms with Gasteiger partial charge in [-0.3, -0.25) is 0 Å². The van der Waals surface area contributed by atoms with Crippen molar-refractivity contribution in [3.05, 3.63) is 16.1 Å².